The molecule has 0 atom stereocenters. The predicted molar refractivity (Wildman–Crippen MR) is 88.3 cm³/mol. The molecule has 22 heavy (non-hydrogen) atoms. The third kappa shape index (κ3) is 3.15. The molecule has 1 aromatic heterocycles. The summed E-state index contributed by atoms with van der Waals surface area (Å²) >= 11 is 0. The summed E-state index contributed by atoms with van der Waals surface area (Å²) in [6, 6.07) is 9.99. The van der Waals surface area contributed by atoms with Crippen LogP contribution in [0.1, 0.15) is 29.8 Å². The number of carbonyl (C=O) groups is 1. The van der Waals surface area contributed by atoms with E-state index in [9.17, 15) is 4.79 Å². The van der Waals surface area contributed by atoms with Crippen molar-refractivity contribution in [2.45, 2.75) is 38.8 Å². The van der Waals surface area contributed by atoms with E-state index in [0.29, 0.717) is 6.54 Å². The van der Waals surface area contributed by atoms with Gasteiger partial charge in [0.25, 0.3) is 0 Å². The summed E-state index contributed by atoms with van der Waals surface area (Å²) in [6.07, 6.45) is 1.55. The van der Waals surface area contributed by atoms with Crippen LogP contribution in [0.25, 0.3) is 5.69 Å². The molecule has 0 radical (unpaired) electrons. The number of rotatable bonds is 4. The van der Waals surface area contributed by atoms with Crippen LogP contribution in [0.4, 0.5) is 0 Å². The van der Waals surface area contributed by atoms with Crippen LogP contribution in [0.15, 0.2) is 30.3 Å². The van der Waals surface area contributed by atoms with Crippen molar-refractivity contribution < 1.29 is 4.79 Å². The number of aryl methyl sites for hydroxylation is 2. The van der Waals surface area contributed by atoms with Crippen molar-refractivity contribution in [3.63, 3.8) is 0 Å². The molecule has 1 saturated carbocycles. The van der Waals surface area contributed by atoms with Crippen molar-refractivity contribution in [2.24, 2.45) is 5.73 Å². The molecule has 0 bridgehead atoms. The van der Waals surface area contributed by atoms with E-state index in [1.165, 1.54) is 0 Å². The summed E-state index contributed by atoms with van der Waals surface area (Å²) in [5, 5.41) is 7.44. The molecule has 2 aromatic rings. The third-order valence-corrected chi connectivity index (χ3v) is 3.91. The summed E-state index contributed by atoms with van der Waals surface area (Å²) < 4.78 is 1.91. The summed E-state index contributed by atoms with van der Waals surface area (Å²) in [5.41, 5.74) is 9.34. The third-order valence-electron chi connectivity index (χ3n) is 3.91. The molecule has 1 amide bonds. The van der Waals surface area contributed by atoms with Gasteiger partial charge >= 0.3 is 0 Å². The molecule has 1 aliphatic rings. The molecule has 0 unspecified atom stereocenters. The molecule has 3 rings (SSSR count). The van der Waals surface area contributed by atoms with Gasteiger partial charge in [-0.3, -0.25) is 4.79 Å². The maximum atomic E-state index is 12.0. The van der Waals surface area contributed by atoms with Crippen LogP contribution in [0.2, 0.25) is 0 Å². The molecular weight excluding hydrogens is 300 g/mol. The van der Waals surface area contributed by atoms with Gasteiger partial charge in [0, 0.05) is 12.2 Å². The normalized spacial score (nSPS) is 15.0. The zero-order chi connectivity index (χ0) is 15.0. The molecule has 6 heteroatoms. The van der Waals surface area contributed by atoms with E-state index in [0.717, 1.165) is 35.5 Å². The number of nitrogens with two attached hydrogens (primary N) is 1. The minimum atomic E-state index is -0.632. The monoisotopic (exact) mass is 320 g/mol. The van der Waals surface area contributed by atoms with Crippen LogP contribution in [0, 0.1) is 13.8 Å². The number of hydrogen-bond acceptors (Lipinski definition) is 3. The SMILES string of the molecule is Cc1cc(C)n(-c2ccccc2CNC(=O)C2(N)CC2)n1.Cl. The van der Waals surface area contributed by atoms with Gasteiger partial charge < -0.3 is 11.1 Å². The number of nitrogens with one attached hydrogen (secondary N) is 1. The minimum Gasteiger partial charge on any atom is -0.350 e. The highest BCUT2D eigenvalue weighted by Crippen LogP contribution is 2.32. The predicted octanol–water partition coefficient (Wildman–Crippen LogP) is 2.02. The fourth-order valence-corrected chi connectivity index (χ4v) is 2.45. The molecule has 5 nitrogen and oxygen atoms in total. The van der Waals surface area contributed by atoms with Gasteiger partial charge in [-0.1, -0.05) is 18.2 Å². The number of benzene rings is 1. The van der Waals surface area contributed by atoms with Gasteiger partial charge in [0.2, 0.25) is 5.91 Å². The Morgan fingerprint density at radius 2 is 2.05 bits per heavy atom. The Kier molecular flexibility index (Phi) is 4.58. The molecule has 118 valence electrons. The number of hydrogen-bond donors (Lipinski definition) is 2. The fourth-order valence-electron chi connectivity index (χ4n) is 2.45. The first-order valence-electron chi connectivity index (χ1n) is 7.18. The van der Waals surface area contributed by atoms with Gasteiger partial charge in [-0.15, -0.1) is 12.4 Å². The van der Waals surface area contributed by atoms with Crippen molar-refractivity contribution >= 4 is 18.3 Å². The molecule has 1 aliphatic carbocycles. The molecule has 1 fully saturated rings. The second-order valence-electron chi connectivity index (χ2n) is 5.81. The van der Waals surface area contributed by atoms with Gasteiger partial charge in [-0.2, -0.15) is 5.10 Å². The van der Waals surface area contributed by atoms with Crippen LogP contribution in [-0.4, -0.2) is 21.2 Å². The fraction of sp³-hybridized carbons (Fsp3) is 0.375. The van der Waals surface area contributed by atoms with E-state index in [4.69, 9.17) is 5.73 Å². The number of carbonyl (C=O) groups excluding carboxylic acids is 1. The first kappa shape index (κ1) is 16.5. The topological polar surface area (TPSA) is 72.9 Å². The average Bonchev–Trinajstić information content (AvgIpc) is 3.12. The average molecular weight is 321 g/mol. The van der Waals surface area contributed by atoms with Gasteiger partial charge in [-0.05, 0) is 44.4 Å². The smallest absolute Gasteiger partial charge is 0.240 e. The number of halogens is 1. The van der Waals surface area contributed by atoms with E-state index in [1.807, 2.05) is 48.9 Å². The Morgan fingerprint density at radius 3 is 2.64 bits per heavy atom. The van der Waals surface area contributed by atoms with Gasteiger partial charge in [0.1, 0.15) is 0 Å². The van der Waals surface area contributed by atoms with Crippen LogP contribution in [0.3, 0.4) is 0 Å². The highest BCUT2D eigenvalue weighted by Gasteiger charge is 2.45. The maximum Gasteiger partial charge on any atom is 0.240 e. The highest BCUT2D eigenvalue weighted by atomic mass is 35.5. The summed E-state index contributed by atoms with van der Waals surface area (Å²) in [6.45, 7) is 4.46. The lowest BCUT2D eigenvalue weighted by Gasteiger charge is -2.14. The van der Waals surface area contributed by atoms with Crippen LogP contribution < -0.4 is 11.1 Å². The Morgan fingerprint density at radius 1 is 1.36 bits per heavy atom. The summed E-state index contributed by atoms with van der Waals surface area (Å²) in [7, 11) is 0. The molecule has 1 aromatic carbocycles. The van der Waals surface area contributed by atoms with Crippen molar-refractivity contribution in [3.8, 4) is 5.69 Å². The van der Waals surface area contributed by atoms with E-state index in [2.05, 4.69) is 10.4 Å². The molecule has 1 heterocycles. The Balaban J connectivity index is 0.00000176. The van der Waals surface area contributed by atoms with Crippen LogP contribution in [-0.2, 0) is 11.3 Å². The number of aromatic nitrogens is 2. The lowest BCUT2D eigenvalue weighted by atomic mass is 10.1. The second kappa shape index (κ2) is 6.10. The summed E-state index contributed by atoms with van der Waals surface area (Å²) in [4.78, 5) is 12.0. The zero-order valence-electron chi connectivity index (χ0n) is 12.8. The number of nitrogens with zero attached hydrogens (tertiary/aromatic N) is 2. The quantitative estimate of drug-likeness (QED) is 0.905. The van der Waals surface area contributed by atoms with E-state index in [-0.39, 0.29) is 18.3 Å². The lowest BCUT2D eigenvalue weighted by Crippen LogP contribution is -2.42. The first-order chi connectivity index (χ1) is 9.99. The second-order valence-corrected chi connectivity index (χ2v) is 5.81. The number of amides is 1. The van der Waals surface area contributed by atoms with Gasteiger partial charge in [-0.25, -0.2) is 4.68 Å². The minimum absolute atomic E-state index is 0. The molecule has 3 N–H and O–H groups in total. The largest absolute Gasteiger partial charge is 0.350 e. The lowest BCUT2D eigenvalue weighted by molar-refractivity contribution is -0.123. The van der Waals surface area contributed by atoms with Crippen molar-refractivity contribution in [2.75, 3.05) is 0 Å². The summed E-state index contributed by atoms with van der Waals surface area (Å²) in [5.74, 6) is -0.0642. The van der Waals surface area contributed by atoms with Crippen LogP contribution >= 0.6 is 12.4 Å². The Labute approximate surface area is 136 Å². The van der Waals surface area contributed by atoms with Crippen molar-refractivity contribution in [1.29, 1.82) is 0 Å². The van der Waals surface area contributed by atoms with Gasteiger partial charge in [0.15, 0.2) is 0 Å². The molecule has 0 spiro atoms. The number of para-hydroxylation sites is 1. The Bertz CT molecular complexity index is 691. The highest BCUT2D eigenvalue weighted by molar-refractivity contribution is 5.89. The van der Waals surface area contributed by atoms with E-state index in [1.54, 1.807) is 0 Å². The molecule has 0 aliphatic heterocycles. The van der Waals surface area contributed by atoms with E-state index < -0.39 is 5.54 Å². The standard InChI is InChI=1S/C16H20N4O.ClH/c1-11-9-12(2)20(19-11)14-6-4-3-5-13(14)10-18-15(21)16(17)7-8-16;/h3-6,9H,7-8,10,17H2,1-2H3,(H,18,21);1H. The zero-order valence-corrected chi connectivity index (χ0v) is 13.6. The van der Waals surface area contributed by atoms with Gasteiger partial charge in [0.05, 0.1) is 16.9 Å². The van der Waals surface area contributed by atoms with Crippen LogP contribution in [0.5, 0.6) is 0 Å². The Hall–Kier alpha value is -1.85. The van der Waals surface area contributed by atoms with E-state index >= 15 is 0 Å². The molecular formula is C16H21ClN4O. The van der Waals surface area contributed by atoms with Crippen molar-refractivity contribution in [3.05, 3.63) is 47.3 Å². The maximum absolute atomic E-state index is 12.0. The molecule has 0 saturated heterocycles. The van der Waals surface area contributed by atoms with Crippen molar-refractivity contribution in [1.82, 2.24) is 15.1 Å². The first-order valence-corrected chi connectivity index (χ1v) is 7.18.